The number of carbonyl (C=O) groups is 1. The lowest BCUT2D eigenvalue weighted by Crippen LogP contribution is -2.12. The highest BCUT2D eigenvalue weighted by Crippen LogP contribution is 2.32. The molecule has 0 bridgehead atoms. The fraction of sp³-hybridized carbons (Fsp3) is 0.400. The molecule has 152 valence electrons. The highest BCUT2D eigenvalue weighted by atomic mass is 32.1. The highest BCUT2D eigenvalue weighted by Gasteiger charge is 2.22. The van der Waals surface area contributed by atoms with Crippen molar-refractivity contribution in [3.63, 3.8) is 0 Å². The first-order valence-electron chi connectivity index (χ1n) is 9.39. The molecule has 9 heteroatoms. The molecule has 0 aliphatic carbocycles. The van der Waals surface area contributed by atoms with Gasteiger partial charge in [-0.25, -0.2) is 4.79 Å². The first-order chi connectivity index (χ1) is 14.0. The zero-order valence-corrected chi connectivity index (χ0v) is 17.0. The van der Waals surface area contributed by atoms with Gasteiger partial charge < -0.3 is 19.2 Å². The molecule has 1 amide bonds. The maximum absolute atomic E-state index is 12.4. The minimum atomic E-state index is -0.399. The van der Waals surface area contributed by atoms with Crippen molar-refractivity contribution < 1.29 is 18.7 Å². The van der Waals surface area contributed by atoms with Crippen molar-refractivity contribution in [2.75, 3.05) is 19.0 Å². The average Bonchev–Trinajstić information content (AvgIpc) is 3.37. The van der Waals surface area contributed by atoms with Crippen LogP contribution in [0.25, 0.3) is 11.0 Å². The summed E-state index contributed by atoms with van der Waals surface area (Å²) in [7, 11) is 1.55. The van der Waals surface area contributed by atoms with Crippen LogP contribution in [0.1, 0.15) is 41.5 Å². The molecule has 1 aliphatic rings. The number of anilines is 1. The lowest BCUT2D eigenvalue weighted by molar-refractivity contribution is -0.116. The molecule has 0 radical (unpaired) electrons. The Morgan fingerprint density at radius 2 is 2.21 bits per heavy atom. The number of fused-ring (bicyclic) bond motifs is 1. The molecule has 1 aliphatic heterocycles. The first-order valence-corrected chi connectivity index (χ1v) is 10.2. The zero-order chi connectivity index (χ0) is 20.4. The summed E-state index contributed by atoms with van der Waals surface area (Å²) in [6, 6.07) is 5.04. The minimum Gasteiger partial charge on any atom is -0.496 e. The van der Waals surface area contributed by atoms with E-state index in [9.17, 15) is 9.59 Å². The minimum absolute atomic E-state index is 0.0108. The lowest BCUT2D eigenvalue weighted by atomic mass is 10.0. The van der Waals surface area contributed by atoms with Gasteiger partial charge in [-0.05, 0) is 43.4 Å². The Morgan fingerprint density at radius 3 is 2.97 bits per heavy atom. The number of methoxy groups -OCH3 is 1. The van der Waals surface area contributed by atoms with Crippen LogP contribution in [0.5, 0.6) is 5.75 Å². The zero-order valence-electron chi connectivity index (χ0n) is 16.2. The number of nitrogens with one attached hydrogen (secondary N) is 1. The normalized spacial score (nSPS) is 16.3. The van der Waals surface area contributed by atoms with Gasteiger partial charge in [0.15, 0.2) is 0 Å². The molecule has 29 heavy (non-hydrogen) atoms. The second kappa shape index (κ2) is 8.30. The fourth-order valence-corrected chi connectivity index (χ4v) is 4.24. The van der Waals surface area contributed by atoms with Gasteiger partial charge in [0.1, 0.15) is 22.4 Å². The predicted molar refractivity (Wildman–Crippen MR) is 109 cm³/mol. The smallest absolute Gasteiger partial charge is 0.336 e. The number of carbonyl (C=O) groups excluding carboxylic acids is 1. The SMILES string of the molecule is COc1cc2oc(=O)cc(C)c2cc1CCC(=O)Nc1nnc([C@@H]2CCCO2)s1. The van der Waals surface area contributed by atoms with E-state index in [1.165, 1.54) is 17.4 Å². The van der Waals surface area contributed by atoms with Crippen LogP contribution >= 0.6 is 11.3 Å². The largest absolute Gasteiger partial charge is 0.496 e. The van der Waals surface area contributed by atoms with Crippen LogP contribution in [0.2, 0.25) is 0 Å². The Labute approximate surface area is 170 Å². The Hall–Kier alpha value is -2.78. The number of nitrogens with zero attached hydrogens (tertiary/aromatic N) is 2. The van der Waals surface area contributed by atoms with Gasteiger partial charge in [-0.3, -0.25) is 4.79 Å². The van der Waals surface area contributed by atoms with Crippen molar-refractivity contribution in [1.82, 2.24) is 10.2 Å². The van der Waals surface area contributed by atoms with E-state index in [0.29, 0.717) is 22.9 Å². The van der Waals surface area contributed by atoms with Gasteiger partial charge in [-0.2, -0.15) is 0 Å². The summed E-state index contributed by atoms with van der Waals surface area (Å²) >= 11 is 1.35. The Bertz CT molecular complexity index is 1100. The van der Waals surface area contributed by atoms with Crippen LogP contribution in [0.15, 0.2) is 27.4 Å². The summed E-state index contributed by atoms with van der Waals surface area (Å²) in [4.78, 5) is 24.0. The van der Waals surface area contributed by atoms with Crippen LogP contribution < -0.4 is 15.7 Å². The molecule has 3 aromatic rings. The van der Waals surface area contributed by atoms with Gasteiger partial charge in [0, 0.05) is 30.5 Å². The van der Waals surface area contributed by atoms with Gasteiger partial charge in [0.25, 0.3) is 0 Å². The third-order valence-corrected chi connectivity index (χ3v) is 5.80. The molecule has 1 atom stereocenters. The highest BCUT2D eigenvalue weighted by molar-refractivity contribution is 7.15. The van der Waals surface area contributed by atoms with Gasteiger partial charge >= 0.3 is 5.63 Å². The van der Waals surface area contributed by atoms with Crippen molar-refractivity contribution in [3.8, 4) is 5.75 Å². The average molecular weight is 415 g/mol. The molecule has 0 spiro atoms. The molecule has 1 aromatic carbocycles. The first kappa shape index (κ1) is 19.5. The number of hydrogen-bond acceptors (Lipinski definition) is 8. The molecule has 0 saturated carbocycles. The number of amides is 1. The number of rotatable bonds is 6. The molecule has 1 N–H and O–H groups in total. The fourth-order valence-electron chi connectivity index (χ4n) is 3.39. The summed E-state index contributed by atoms with van der Waals surface area (Å²) in [6.07, 6.45) is 2.67. The maximum Gasteiger partial charge on any atom is 0.336 e. The van der Waals surface area contributed by atoms with E-state index in [2.05, 4.69) is 15.5 Å². The quantitative estimate of drug-likeness (QED) is 0.616. The summed E-state index contributed by atoms with van der Waals surface area (Å²) in [5.41, 5.74) is 1.75. The number of aryl methyl sites for hydroxylation is 2. The molecule has 1 fully saturated rings. The number of benzene rings is 1. The number of ether oxygens (including phenoxy) is 2. The summed E-state index contributed by atoms with van der Waals surface area (Å²) in [6.45, 7) is 2.59. The molecule has 1 saturated heterocycles. The van der Waals surface area contributed by atoms with E-state index in [0.717, 1.165) is 41.0 Å². The molecule has 0 unspecified atom stereocenters. The summed E-state index contributed by atoms with van der Waals surface area (Å²) < 4.78 is 16.3. The second-order valence-corrected chi connectivity index (χ2v) is 7.91. The Kier molecular flexibility index (Phi) is 5.59. The lowest BCUT2D eigenvalue weighted by Gasteiger charge is -2.10. The van der Waals surface area contributed by atoms with Crippen LogP contribution in [-0.4, -0.2) is 29.8 Å². The third kappa shape index (κ3) is 4.30. The standard InChI is InChI=1S/C20H21N3O5S/c1-11-8-18(25)28-16-10-15(26-2)12(9-13(11)16)5-6-17(24)21-20-23-22-19(29-20)14-4-3-7-27-14/h8-10,14H,3-7H2,1-2H3,(H,21,23,24)/t14-/m0/s1. The maximum atomic E-state index is 12.4. The monoisotopic (exact) mass is 415 g/mol. The molecule has 4 rings (SSSR count). The molecule has 2 aromatic heterocycles. The van der Waals surface area contributed by atoms with Crippen molar-refractivity contribution in [2.45, 2.75) is 38.7 Å². The predicted octanol–water partition coefficient (Wildman–Crippen LogP) is 3.38. The molecular formula is C20H21N3O5S. The number of aromatic nitrogens is 2. The van der Waals surface area contributed by atoms with E-state index in [1.54, 1.807) is 13.2 Å². The topological polar surface area (TPSA) is 104 Å². The summed E-state index contributed by atoms with van der Waals surface area (Å²) in [5.74, 6) is 0.425. The van der Waals surface area contributed by atoms with Gasteiger partial charge in [-0.15, -0.1) is 10.2 Å². The molecular weight excluding hydrogens is 394 g/mol. The van der Waals surface area contributed by atoms with Crippen LogP contribution in [0.4, 0.5) is 5.13 Å². The van der Waals surface area contributed by atoms with Gasteiger partial charge in [0.05, 0.1) is 7.11 Å². The van der Waals surface area contributed by atoms with Crippen molar-refractivity contribution >= 4 is 33.3 Å². The van der Waals surface area contributed by atoms with E-state index in [1.807, 2.05) is 13.0 Å². The molecule has 8 nitrogen and oxygen atoms in total. The van der Waals surface area contributed by atoms with E-state index >= 15 is 0 Å². The second-order valence-electron chi connectivity index (χ2n) is 6.90. The van der Waals surface area contributed by atoms with E-state index in [-0.39, 0.29) is 18.4 Å². The van der Waals surface area contributed by atoms with Gasteiger partial charge in [-0.1, -0.05) is 11.3 Å². The Balaban J connectivity index is 1.44. The van der Waals surface area contributed by atoms with E-state index < -0.39 is 5.63 Å². The van der Waals surface area contributed by atoms with E-state index in [4.69, 9.17) is 13.9 Å². The van der Waals surface area contributed by atoms with Crippen molar-refractivity contribution in [1.29, 1.82) is 0 Å². The van der Waals surface area contributed by atoms with Gasteiger partial charge in [0.2, 0.25) is 11.0 Å². The third-order valence-electron chi connectivity index (χ3n) is 4.87. The van der Waals surface area contributed by atoms with Crippen LogP contribution in [0, 0.1) is 6.92 Å². The van der Waals surface area contributed by atoms with Crippen molar-refractivity contribution in [3.05, 3.63) is 44.8 Å². The molecule has 3 heterocycles. The van der Waals surface area contributed by atoms with Crippen LogP contribution in [0.3, 0.4) is 0 Å². The Morgan fingerprint density at radius 1 is 1.34 bits per heavy atom. The van der Waals surface area contributed by atoms with Crippen LogP contribution in [-0.2, 0) is 16.0 Å². The summed E-state index contributed by atoms with van der Waals surface area (Å²) in [5, 5.41) is 13.1. The van der Waals surface area contributed by atoms with Crippen molar-refractivity contribution in [2.24, 2.45) is 0 Å². The number of hydrogen-bond donors (Lipinski definition) is 1.